The largest absolute Gasteiger partial charge is 0.352 e. The highest BCUT2D eigenvalue weighted by Crippen LogP contribution is 2.52. The third kappa shape index (κ3) is 5.08. The van der Waals surface area contributed by atoms with Crippen LogP contribution in [0.5, 0.6) is 0 Å². The lowest BCUT2D eigenvalue weighted by Gasteiger charge is -2.31. The predicted molar refractivity (Wildman–Crippen MR) is 136 cm³/mol. The van der Waals surface area contributed by atoms with Gasteiger partial charge in [0.25, 0.3) is 0 Å². The first-order chi connectivity index (χ1) is 14.6. The lowest BCUT2D eigenvalue weighted by atomic mass is 9.72. The normalized spacial score (nSPS) is 13.0. The zero-order valence-electron chi connectivity index (χ0n) is 19.1. The van der Waals surface area contributed by atoms with E-state index in [9.17, 15) is 0 Å². The molecule has 0 saturated carbocycles. The number of hydrogen-bond acceptors (Lipinski definition) is 3. The van der Waals surface area contributed by atoms with E-state index in [0.29, 0.717) is 0 Å². The molecule has 0 aliphatic heterocycles. The summed E-state index contributed by atoms with van der Waals surface area (Å²) in [6.45, 7) is 13.8. The van der Waals surface area contributed by atoms with E-state index in [1.54, 1.807) is 0 Å². The molecule has 0 aromatic heterocycles. The summed E-state index contributed by atoms with van der Waals surface area (Å²) in [4.78, 5) is 15.4. The second-order valence-electron chi connectivity index (χ2n) is 9.82. The van der Waals surface area contributed by atoms with Crippen LogP contribution in [0.4, 0.5) is 0 Å². The molecule has 2 atom stereocenters. The van der Waals surface area contributed by atoms with Crippen molar-refractivity contribution in [1.29, 1.82) is 0 Å². The van der Waals surface area contributed by atoms with E-state index >= 15 is 0 Å². The van der Waals surface area contributed by atoms with E-state index in [-0.39, 0.29) is 10.8 Å². The van der Waals surface area contributed by atoms with Crippen molar-refractivity contribution in [2.45, 2.75) is 52.4 Å². The minimum Gasteiger partial charge on any atom is -0.352 e. The Labute approximate surface area is 189 Å². The standard InChI is InChI=1S/C26H28.H4O3P2/c1-25(2,3)17-14-15-19(23(16-17)26(4,5)6)22-13-9-12-21-18-10-7-8-11-20(18)24(21)22;1-4-3-5-2/h7-16H,1-6H3;1-2,4-5H. The van der Waals surface area contributed by atoms with E-state index in [1.807, 2.05) is 0 Å². The van der Waals surface area contributed by atoms with Gasteiger partial charge in [0.15, 0.2) is 18.1 Å². The van der Waals surface area contributed by atoms with Gasteiger partial charge >= 0.3 is 0 Å². The van der Waals surface area contributed by atoms with Crippen molar-refractivity contribution >= 4 is 18.1 Å². The summed E-state index contributed by atoms with van der Waals surface area (Å²) in [5, 5.41) is 0. The van der Waals surface area contributed by atoms with E-state index in [2.05, 4.69) is 107 Å². The summed E-state index contributed by atoms with van der Waals surface area (Å²) in [6.07, 6.45) is 0. The SMILES string of the molecule is CC(C)(C)c1ccc(-c2cccc3c2-c2ccccc2-3)c(C(C)(C)C)c1.OPOPO. The molecule has 0 fully saturated rings. The van der Waals surface area contributed by atoms with Crippen LogP contribution < -0.4 is 0 Å². The van der Waals surface area contributed by atoms with Crippen molar-refractivity contribution in [3.05, 3.63) is 71.8 Å². The molecule has 3 nitrogen and oxygen atoms in total. The van der Waals surface area contributed by atoms with Gasteiger partial charge < -0.3 is 9.79 Å². The highest BCUT2D eigenvalue weighted by atomic mass is 31.2. The zero-order chi connectivity index (χ0) is 22.8. The maximum absolute atomic E-state index is 7.72. The van der Waals surface area contributed by atoms with Crippen molar-refractivity contribution in [3.63, 3.8) is 0 Å². The fourth-order valence-corrected chi connectivity index (χ4v) is 4.21. The van der Waals surface area contributed by atoms with Crippen LogP contribution >= 0.6 is 18.1 Å². The molecule has 1 aliphatic rings. The molecule has 31 heavy (non-hydrogen) atoms. The maximum Gasteiger partial charge on any atom is 0.158 e. The smallest absolute Gasteiger partial charge is 0.158 e. The Kier molecular flexibility index (Phi) is 7.36. The molecule has 4 rings (SSSR count). The van der Waals surface area contributed by atoms with Gasteiger partial charge in [-0.3, -0.25) is 4.31 Å². The molecule has 0 amide bonds. The van der Waals surface area contributed by atoms with Crippen molar-refractivity contribution in [1.82, 2.24) is 0 Å². The Morgan fingerprint density at radius 1 is 0.613 bits per heavy atom. The van der Waals surface area contributed by atoms with Crippen LogP contribution in [0, 0.1) is 0 Å². The molecule has 3 aromatic carbocycles. The summed E-state index contributed by atoms with van der Waals surface area (Å²) in [7, 11) is -1.16. The number of fused-ring (bicyclic) bond motifs is 4. The third-order valence-electron chi connectivity index (χ3n) is 5.63. The van der Waals surface area contributed by atoms with Crippen LogP contribution in [0.1, 0.15) is 52.7 Å². The second kappa shape index (κ2) is 9.49. The first-order valence-electron chi connectivity index (χ1n) is 10.4. The van der Waals surface area contributed by atoms with Gasteiger partial charge in [0, 0.05) is 0 Å². The van der Waals surface area contributed by atoms with Gasteiger partial charge in [0.2, 0.25) is 0 Å². The molecule has 0 saturated heterocycles. The van der Waals surface area contributed by atoms with Crippen LogP contribution in [-0.2, 0) is 15.1 Å². The molecular formula is C26H32O3P2. The first-order valence-corrected chi connectivity index (χ1v) is 12.1. The number of rotatable bonds is 3. The maximum atomic E-state index is 7.72. The Morgan fingerprint density at radius 2 is 1.16 bits per heavy atom. The highest BCUT2D eigenvalue weighted by molar-refractivity contribution is 7.39. The van der Waals surface area contributed by atoms with Crippen molar-refractivity contribution in [2.24, 2.45) is 0 Å². The van der Waals surface area contributed by atoms with Crippen LogP contribution in [0.15, 0.2) is 60.7 Å². The third-order valence-corrected chi connectivity index (χ3v) is 6.36. The monoisotopic (exact) mass is 454 g/mol. The Bertz CT molecular complexity index is 1060. The molecular weight excluding hydrogens is 422 g/mol. The number of hydrogen-bond donors (Lipinski definition) is 2. The lowest BCUT2D eigenvalue weighted by Crippen LogP contribution is -2.17. The van der Waals surface area contributed by atoms with Gasteiger partial charge in [-0.1, -0.05) is 102 Å². The van der Waals surface area contributed by atoms with E-state index in [0.717, 1.165) is 0 Å². The summed E-state index contributed by atoms with van der Waals surface area (Å²) in [5.74, 6) is 0. The van der Waals surface area contributed by atoms with Crippen molar-refractivity contribution in [3.8, 4) is 33.4 Å². The Hall–Kier alpha value is -1.60. The van der Waals surface area contributed by atoms with Gasteiger partial charge in [-0.15, -0.1) is 0 Å². The summed E-state index contributed by atoms with van der Waals surface area (Å²) < 4.78 is 4.00. The molecule has 2 N–H and O–H groups in total. The van der Waals surface area contributed by atoms with Crippen LogP contribution in [0.3, 0.4) is 0 Å². The number of benzene rings is 3. The first kappa shape index (κ1) is 24.1. The van der Waals surface area contributed by atoms with Crippen LogP contribution in [0.25, 0.3) is 33.4 Å². The van der Waals surface area contributed by atoms with Crippen molar-refractivity contribution < 1.29 is 14.1 Å². The highest BCUT2D eigenvalue weighted by Gasteiger charge is 2.28. The average Bonchev–Trinajstić information content (AvgIpc) is 2.71. The van der Waals surface area contributed by atoms with Gasteiger partial charge in [0.05, 0.1) is 0 Å². The van der Waals surface area contributed by atoms with Gasteiger partial charge in [-0.25, -0.2) is 0 Å². The molecule has 0 spiro atoms. The van der Waals surface area contributed by atoms with E-state index in [4.69, 9.17) is 9.79 Å². The summed E-state index contributed by atoms with van der Waals surface area (Å²) >= 11 is 0. The fourth-order valence-electron chi connectivity index (χ4n) is 4.05. The fraction of sp³-hybridized carbons (Fsp3) is 0.308. The van der Waals surface area contributed by atoms with Gasteiger partial charge in [0.1, 0.15) is 0 Å². The minimum atomic E-state index is -0.580. The molecule has 0 radical (unpaired) electrons. The predicted octanol–water partition coefficient (Wildman–Crippen LogP) is 7.60. The Morgan fingerprint density at radius 3 is 1.68 bits per heavy atom. The molecule has 164 valence electrons. The molecule has 0 bridgehead atoms. The van der Waals surface area contributed by atoms with Crippen molar-refractivity contribution in [2.75, 3.05) is 0 Å². The topological polar surface area (TPSA) is 49.7 Å². The van der Waals surface area contributed by atoms with Gasteiger partial charge in [-0.2, -0.15) is 0 Å². The molecule has 3 aromatic rings. The van der Waals surface area contributed by atoms with Gasteiger partial charge in [-0.05, 0) is 55.3 Å². The van der Waals surface area contributed by atoms with E-state index in [1.165, 1.54) is 44.5 Å². The van der Waals surface area contributed by atoms with Crippen LogP contribution in [0.2, 0.25) is 0 Å². The molecule has 2 unspecified atom stereocenters. The quantitative estimate of drug-likeness (QED) is 0.313. The second-order valence-corrected chi connectivity index (χ2v) is 11.0. The van der Waals surface area contributed by atoms with Crippen LogP contribution in [-0.4, -0.2) is 9.79 Å². The van der Waals surface area contributed by atoms with E-state index < -0.39 is 18.1 Å². The molecule has 0 heterocycles. The summed E-state index contributed by atoms with van der Waals surface area (Å²) in [5.41, 5.74) is 11.4. The zero-order valence-corrected chi connectivity index (χ0v) is 21.1. The lowest BCUT2D eigenvalue weighted by molar-refractivity contribution is 0.496. The average molecular weight is 454 g/mol. The Balaban J connectivity index is 0.000000491. The summed E-state index contributed by atoms with van der Waals surface area (Å²) in [6, 6.07) is 22.6. The molecule has 5 heteroatoms. The minimum absolute atomic E-state index is 0.0998. The molecule has 1 aliphatic carbocycles.